The summed E-state index contributed by atoms with van der Waals surface area (Å²) in [4.78, 5) is 0. The lowest BCUT2D eigenvalue weighted by atomic mass is 10.2. The molecule has 0 saturated heterocycles. The maximum absolute atomic E-state index is 5.31. The standard InChI is InChI=1S/C6H16N2.C5H14N2/c1-2-3-4-5-6(7)8;6-4-2-1-3-5-7/h6H,2-5,7-8H2,1H3;1-7H2. The van der Waals surface area contributed by atoms with Gasteiger partial charge in [-0.2, -0.15) is 0 Å². The summed E-state index contributed by atoms with van der Waals surface area (Å²) < 4.78 is 0. The SMILES string of the molecule is CCCCCC(N)N.NCCCCCN. The number of nitrogens with two attached hydrogens (primary N) is 4. The second-order valence-corrected chi connectivity index (χ2v) is 3.80. The van der Waals surface area contributed by atoms with Crippen LogP contribution in [0.15, 0.2) is 0 Å². The number of unbranched alkanes of at least 4 members (excludes halogenated alkanes) is 4. The Hall–Kier alpha value is -0.160. The molecule has 0 unspecified atom stereocenters. The van der Waals surface area contributed by atoms with Crippen LogP contribution in [0.25, 0.3) is 0 Å². The predicted molar refractivity (Wildman–Crippen MR) is 68.3 cm³/mol. The number of rotatable bonds is 8. The zero-order valence-electron chi connectivity index (χ0n) is 10.3. The van der Waals surface area contributed by atoms with Crippen molar-refractivity contribution >= 4 is 0 Å². The van der Waals surface area contributed by atoms with Crippen LogP contribution in [0.3, 0.4) is 0 Å². The lowest BCUT2D eigenvalue weighted by molar-refractivity contribution is 0.575. The van der Waals surface area contributed by atoms with Gasteiger partial charge in [0.2, 0.25) is 0 Å². The first-order chi connectivity index (χ1) is 7.18. The molecule has 0 saturated carbocycles. The third kappa shape index (κ3) is 24.8. The Kier molecular flexibility index (Phi) is 18.7. The van der Waals surface area contributed by atoms with Crippen molar-refractivity contribution in [3.63, 3.8) is 0 Å². The first kappa shape index (κ1) is 17.2. The fourth-order valence-electron chi connectivity index (χ4n) is 1.10. The Balaban J connectivity index is 0. The second-order valence-electron chi connectivity index (χ2n) is 3.80. The Labute approximate surface area is 94.8 Å². The minimum absolute atomic E-state index is 0.0958. The Morgan fingerprint density at radius 1 is 0.800 bits per heavy atom. The van der Waals surface area contributed by atoms with Crippen LogP contribution in [0.2, 0.25) is 0 Å². The van der Waals surface area contributed by atoms with E-state index in [0.717, 1.165) is 32.4 Å². The molecule has 0 rings (SSSR count). The molecule has 8 N–H and O–H groups in total. The summed E-state index contributed by atoms with van der Waals surface area (Å²) >= 11 is 0. The molecule has 0 amide bonds. The van der Waals surface area contributed by atoms with Gasteiger partial charge in [-0.1, -0.05) is 32.6 Å². The Bertz CT molecular complexity index is 92.6. The summed E-state index contributed by atoms with van der Waals surface area (Å²) in [5, 5.41) is 0. The van der Waals surface area contributed by atoms with E-state index in [9.17, 15) is 0 Å². The zero-order chi connectivity index (χ0) is 11.9. The Morgan fingerprint density at radius 2 is 1.33 bits per heavy atom. The Morgan fingerprint density at radius 3 is 1.67 bits per heavy atom. The molecule has 0 fully saturated rings. The monoisotopic (exact) mass is 218 g/mol. The molecule has 0 heterocycles. The molecule has 0 bridgehead atoms. The first-order valence-electron chi connectivity index (χ1n) is 6.10. The zero-order valence-corrected chi connectivity index (χ0v) is 10.3. The fourth-order valence-corrected chi connectivity index (χ4v) is 1.10. The van der Waals surface area contributed by atoms with Crippen LogP contribution < -0.4 is 22.9 Å². The predicted octanol–water partition coefficient (Wildman–Crippen LogP) is 0.884. The van der Waals surface area contributed by atoms with Gasteiger partial charge in [-0.3, -0.25) is 0 Å². The van der Waals surface area contributed by atoms with Crippen molar-refractivity contribution in [2.45, 2.75) is 58.0 Å². The summed E-state index contributed by atoms with van der Waals surface area (Å²) in [5.74, 6) is 0. The van der Waals surface area contributed by atoms with Crippen molar-refractivity contribution < 1.29 is 0 Å². The fraction of sp³-hybridized carbons (Fsp3) is 1.00. The van der Waals surface area contributed by atoms with Crippen molar-refractivity contribution in [3.05, 3.63) is 0 Å². The van der Waals surface area contributed by atoms with Crippen molar-refractivity contribution in [2.24, 2.45) is 22.9 Å². The van der Waals surface area contributed by atoms with E-state index < -0.39 is 0 Å². The lowest BCUT2D eigenvalue weighted by Crippen LogP contribution is -2.29. The van der Waals surface area contributed by atoms with Crippen LogP contribution >= 0.6 is 0 Å². The molecular formula is C11H30N4. The van der Waals surface area contributed by atoms with Crippen molar-refractivity contribution in [1.29, 1.82) is 0 Å². The maximum Gasteiger partial charge on any atom is 0.0520 e. The molecule has 0 aromatic rings. The molecule has 0 atom stereocenters. The van der Waals surface area contributed by atoms with E-state index in [1.54, 1.807) is 0 Å². The highest BCUT2D eigenvalue weighted by atomic mass is 14.8. The van der Waals surface area contributed by atoms with Crippen LogP contribution in [0.1, 0.15) is 51.9 Å². The van der Waals surface area contributed by atoms with Crippen LogP contribution in [0.4, 0.5) is 0 Å². The van der Waals surface area contributed by atoms with Crippen molar-refractivity contribution in [1.82, 2.24) is 0 Å². The molecule has 0 aliphatic rings. The van der Waals surface area contributed by atoms with Gasteiger partial charge in [0.05, 0.1) is 6.17 Å². The van der Waals surface area contributed by atoms with Crippen molar-refractivity contribution in [3.8, 4) is 0 Å². The van der Waals surface area contributed by atoms with E-state index in [1.807, 2.05) is 0 Å². The van der Waals surface area contributed by atoms with Crippen LogP contribution in [0, 0.1) is 0 Å². The summed E-state index contributed by atoms with van der Waals surface area (Å²) in [6, 6.07) is 0. The van der Waals surface area contributed by atoms with Gasteiger partial charge in [0, 0.05) is 0 Å². The summed E-state index contributed by atoms with van der Waals surface area (Å²) in [5.41, 5.74) is 21.1. The van der Waals surface area contributed by atoms with E-state index in [0.29, 0.717) is 0 Å². The molecule has 94 valence electrons. The summed E-state index contributed by atoms with van der Waals surface area (Å²) in [6.45, 7) is 3.78. The smallest absolute Gasteiger partial charge is 0.0520 e. The molecule has 0 spiro atoms. The van der Waals surface area contributed by atoms with E-state index >= 15 is 0 Å². The highest BCUT2D eigenvalue weighted by Gasteiger charge is 1.90. The molecule has 15 heavy (non-hydrogen) atoms. The minimum atomic E-state index is -0.0958. The van der Waals surface area contributed by atoms with Gasteiger partial charge in [0.1, 0.15) is 0 Å². The normalized spacial score (nSPS) is 10.0. The molecule has 0 aromatic heterocycles. The minimum Gasteiger partial charge on any atom is -0.330 e. The molecule has 0 aromatic carbocycles. The molecule has 0 aliphatic carbocycles. The van der Waals surface area contributed by atoms with Gasteiger partial charge in [0.25, 0.3) is 0 Å². The summed E-state index contributed by atoms with van der Waals surface area (Å²) in [7, 11) is 0. The van der Waals surface area contributed by atoms with E-state index in [4.69, 9.17) is 22.9 Å². The van der Waals surface area contributed by atoms with Gasteiger partial charge >= 0.3 is 0 Å². The van der Waals surface area contributed by atoms with Crippen LogP contribution in [-0.4, -0.2) is 19.3 Å². The van der Waals surface area contributed by atoms with E-state index in [1.165, 1.54) is 25.7 Å². The average Bonchev–Trinajstić information content (AvgIpc) is 2.20. The van der Waals surface area contributed by atoms with Gasteiger partial charge in [0.15, 0.2) is 0 Å². The third-order valence-corrected chi connectivity index (χ3v) is 2.05. The maximum atomic E-state index is 5.31. The molecule has 4 heteroatoms. The largest absolute Gasteiger partial charge is 0.330 e. The third-order valence-electron chi connectivity index (χ3n) is 2.05. The quantitative estimate of drug-likeness (QED) is 0.358. The lowest BCUT2D eigenvalue weighted by Gasteiger charge is -2.01. The van der Waals surface area contributed by atoms with Gasteiger partial charge < -0.3 is 22.9 Å². The molecule has 0 radical (unpaired) electrons. The highest BCUT2D eigenvalue weighted by Crippen LogP contribution is 1.97. The first-order valence-corrected chi connectivity index (χ1v) is 6.10. The molecule has 4 nitrogen and oxygen atoms in total. The summed E-state index contributed by atoms with van der Waals surface area (Å²) in [6.07, 6.45) is 7.97. The van der Waals surface area contributed by atoms with Gasteiger partial charge in [-0.25, -0.2) is 0 Å². The van der Waals surface area contributed by atoms with Gasteiger partial charge in [-0.05, 0) is 32.4 Å². The van der Waals surface area contributed by atoms with Gasteiger partial charge in [-0.15, -0.1) is 0 Å². The van der Waals surface area contributed by atoms with E-state index in [2.05, 4.69) is 6.92 Å². The number of hydrogen-bond acceptors (Lipinski definition) is 4. The van der Waals surface area contributed by atoms with Crippen LogP contribution in [-0.2, 0) is 0 Å². The topological polar surface area (TPSA) is 104 Å². The van der Waals surface area contributed by atoms with Crippen LogP contribution in [0.5, 0.6) is 0 Å². The second kappa shape index (κ2) is 16.3. The van der Waals surface area contributed by atoms with Crippen molar-refractivity contribution in [2.75, 3.05) is 13.1 Å². The van der Waals surface area contributed by atoms with E-state index in [-0.39, 0.29) is 6.17 Å². The average molecular weight is 218 g/mol. The molecule has 0 aliphatic heterocycles. The molecular weight excluding hydrogens is 188 g/mol. The number of hydrogen-bond donors (Lipinski definition) is 4. The highest BCUT2D eigenvalue weighted by molar-refractivity contribution is 4.49.